The van der Waals surface area contributed by atoms with Crippen molar-refractivity contribution in [2.24, 2.45) is 0 Å². The van der Waals surface area contributed by atoms with E-state index in [9.17, 15) is 4.79 Å². The van der Waals surface area contributed by atoms with Crippen LogP contribution in [0.3, 0.4) is 0 Å². The lowest BCUT2D eigenvalue weighted by atomic mass is 11.4. The topological polar surface area (TPSA) is 67.8 Å². The summed E-state index contributed by atoms with van der Waals surface area (Å²) < 4.78 is 0. The Balaban J connectivity index is 2.82. The maximum atomic E-state index is 9.39. The minimum absolute atomic E-state index is 1.24. The molecule has 0 aliphatic carbocycles. The molecule has 0 radical (unpaired) electrons. The standard InChI is InChI=1S/C2H5NO4/c1-6-3-7-2(4)5/h3H,1H3,(H,4,5). The molecule has 0 heterocycles. The van der Waals surface area contributed by atoms with Gasteiger partial charge in [0.05, 0.1) is 7.11 Å². The van der Waals surface area contributed by atoms with Crippen molar-refractivity contribution < 1.29 is 19.6 Å². The number of carboxylic acid groups (broad SMARTS) is 1. The van der Waals surface area contributed by atoms with Crippen LogP contribution in [0.4, 0.5) is 4.79 Å². The molecule has 0 spiro atoms. The fourth-order valence-corrected chi connectivity index (χ4v) is 0.0773. The molecule has 5 heteroatoms. The highest BCUT2D eigenvalue weighted by molar-refractivity contribution is 5.56. The lowest BCUT2D eigenvalue weighted by Crippen LogP contribution is -2.16. The number of rotatable bonds is 2. The van der Waals surface area contributed by atoms with Crippen LogP contribution in [0, 0.1) is 0 Å². The highest BCUT2D eigenvalue weighted by atomic mass is 16.9. The molecule has 0 aromatic heterocycles. The Morgan fingerprint density at radius 2 is 2.43 bits per heavy atom. The van der Waals surface area contributed by atoms with E-state index in [-0.39, 0.29) is 0 Å². The first-order valence-electron chi connectivity index (χ1n) is 1.45. The van der Waals surface area contributed by atoms with E-state index < -0.39 is 6.16 Å². The molecule has 0 rings (SSSR count). The predicted octanol–water partition coefficient (Wildman–Crippen LogP) is -0.253. The largest absolute Gasteiger partial charge is 0.527 e. The van der Waals surface area contributed by atoms with Gasteiger partial charge < -0.3 is 9.94 Å². The molecule has 5 nitrogen and oxygen atoms in total. The fourth-order valence-electron chi connectivity index (χ4n) is 0.0773. The Kier molecular flexibility index (Phi) is 2.99. The Morgan fingerprint density at radius 3 is 2.57 bits per heavy atom. The maximum absolute atomic E-state index is 9.39. The van der Waals surface area contributed by atoms with E-state index in [2.05, 4.69) is 9.68 Å². The first kappa shape index (κ1) is 6.19. The summed E-state index contributed by atoms with van der Waals surface area (Å²) in [5.74, 6) is 0. The van der Waals surface area contributed by atoms with E-state index in [1.54, 1.807) is 5.64 Å². The van der Waals surface area contributed by atoms with E-state index in [1.807, 2.05) is 0 Å². The molecule has 0 aliphatic rings. The molecule has 0 saturated heterocycles. The van der Waals surface area contributed by atoms with Gasteiger partial charge in [0.25, 0.3) is 0 Å². The van der Waals surface area contributed by atoms with E-state index in [1.165, 1.54) is 7.11 Å². The van der Waals surface area contributed by atoms with Crippen molar-refractivity contribution in [1.82, 2.24) is 5.64 Å². The van der Waals surface area contributed by atoms with Gasteiger partial charge in [0, 0.05) is 0 Å². The van der Waals surface area contributed by atoms with Crippen LogP contribution in [-0.2, 0) is 9.68 Å². The number of nitrogens with one attached hydrogen (secondary N) is 1. The van der Waals surface area contributed by atoms with Crippen molar-refractivity contribution in [1.29, 1.82) is 0 Å². The molecule has 42 valence electrons. The van der Waals surface area contributed by atoms with Crippen LogP contribution >= 0.6 is 0 Å². The third-order valence-electron chi connectivity index (χ3n) is 0.212. The average Bonchev–Trinajstić information content (AvgIpc) is 1.61. The van der Waals surface area contributed by atoms with Gasteiger partial charge in [-0.2, -0.15) is 0 Å². The molecule has 7 heavy (non-hydrogen) atoms. The second-order valence-electron chi connectivity index (χ2n) is 0.655. The summed E-state index contributed by atoms with van der Waals surface area (Å²) in [6, 6.07) is 0. The van der Waals surface area contributed by atoms with Gasteiger partial charge in [-0.25, -0.2) is 4.79 Å². The highest BCUT2D eigenvalue weighted by Gasteiger charge is 1.89. The van der Waals surface area contributed by atoms with E-state index >= 15 is 0 Å². The van der Waals surface area contributed by atoms with Gasteiger partial charge in [-0.3, -0.25) is 4.84 Å². The third-order valence-corrected chi connectivity index (χ3v) is 0.212. The molecule has 0 aromatic rings. The van der Waals surface area contributed by atoms with Crippen LogP contribution in [0.1, 0.15) is 0 Å². The molecule has 2 N–H and O–H groups in total. The number of carbonyl (C=O) groups is 1. The molecule has 0 saturated carbocycles. The average molecular weight is 107 g/mol. The summed E-state index contributed by atoms with van der Waals surface area (Å²) in [6.07, 6.45) is -1.43. The molecule has 0 unspecified atom stereocenters. The van der Waals surface area contributed by atoms with E-state index in [0.717, 1.165) is 0 Å². The zero-order chi connectivity index (χ0) is 5.70. The zero-order valence-electron chi connectivity index (χ0n) is 3.67. The maximum Gasteiger partial charge on any atom is 0.527 e. The summed E-state index contributed by atoms with van der Waals surface area (Å²) in [4.78, 5) is 17.0. The Morgan fingerprint density at radius 1 is 1.86 bits per heavy atom. The normalized spacial score (nSPS) is 8.14. The minimum Gasteiger partial charge on any atom is -0.448 e. The summed E-state index contributed by atoms with van der Waals surface area (Å²) in [5, 5.41) is 7.68. The van der Waals surface area contributed by atoms with E-state index in [0.29, 0.717) is 0 Å². The first-order chi connectivity index (χ1) is 3.27. The molecule has 0 amide bonds. The molecule has 0 bridgehead atoms. The van der Waals surface area contributed by atoms with Crippen LogP contribution in [-0.4, -0.2) is 18.4 Å². The van der Waals surface area contributed by atoms with Crippen molar-refractivity contribution in [3.8, 4) is 0 Å². The van der Waals surface area contributed by atoms with Crippen LogP contribution in [0.5, 0.6) is 0 Å². The first-order valence-corrected chi connectivity index (χ1v) is 1.45. The smallest absolute Gasteiger partial charge is 0.448 e. The molecular formula is C2H5NO4. The van der Waals surface area contributed by atoms with Crippen molar-refractivity contribution >= 4 is 6.16 Å². The fraction of sp³-hybridized carbons (Fsp3) is 0.500. The molecule has 0 aliphatic heterocycles. The van der Waals surface area contributed by atoms with Gasteiger partial charge in [0.15, 0.2) is 0 Å². The van der Waals surface area contributed by atoms with Crippen LogP contribution in [0.2, 0.25) is 0 Å². The van der Waals surface area contributed by atoms with Crippen LogP contribution in [0.25, 0.3) is 0 Å². The summed E-state index contributed by atoms with van der Waals surface area (Å²) in [7, 11) is 1.24. The van der Waals surface area contributed by atoms with Gasteiger partial charge in [0.1, 0.15) is 0 Å². The Hall–Kier alpha value is -0.810. The second-order valence-corrected chi connectivity index (χ2v) is 0.655. The Labute approximate surface area is 39.7 Å². The highest BCUT2D eigenvalue weighted by Crippen LogP contribution is 1.64. The molecule has 0 aromatic carbocycles. The van der Waals surface area contributed by atoms with Gasteiger partial charge >= 0.3 is 6.16 Å². The zero-order valence-corrected chi connectivity index (χ0v) is 3.67. The molecular weight excluding hydrogens is 102 g/mol. The summed E-state index contributed by atoms with van der Waals surface area (Å²) >= 11 is 0. The van der Waals surface area contributed by atoms with Gasteiger partial charge in [-0.05, 0) is 5.64 Å². The SMILES string of the molecule is CONOC(=O)O. The van der Waals surface area contributed by atoms with Crippen molar-refractivity contribution in [2.45, 2.75) is 0 Å². The molecule has 0 atom stereocenters. The monoisotopic (exact) mass is 107 g/mol. The third kappa shape index (κ3) is 5.19. The van der Waals surface area contributed by atoms with Gasteiger partial charge in [0.2, 0.25) is 0 Å². The molecule has 0 fully saturated rings. The van der Waals surface area contributed by atoms with Gasteiger partial charge in [-0.1, -0.05) is 0 Å². The number of hydrogen-bond donors (Lipinski definition) is 2. The Bertz CT molecular complexity index is 62.7. The van der Waals surface area contributed by atoms with Crippen LogP contribution < -0.4 is 5.64 Å². The number of hydrogen-bond acceptors (Lipinski definition) is 4. The quantitative estimate of drug-likeness (QED) is 0.476. The second kappa shape index (κ2) is 3.38. The van der Waals surface area contributed by atoms with E-state index in [4.69, 9.17) is 5.11 Å². The van der Waals surface area contributed by atoms with Gasteiger partial charge in [-0.15, -0.1) is 0 Å². The van der Waals surface area contributed by atoms with Crippen molar-refractivity contribution in [3.63, 3.8) is 0 Å². The van der Waals surface area contributed by atoms with Crippen molar-refractivity contribution in [2.75, 3.05) is 7.11 Å². The minimum atomic E-state index is -1.43. The lowest BCUT2D eigenvalue weighted by molar-refractivity contribution is -0.121. The summed E-state index contributed by atoms with van der Waals surface area (Å²) in [6.45, 7) is 0. The summed E-state index contributed by atoms with van der Waals surface area (Å²) in [5.41, 5.74) is 1.65. The lowest BCUT2D eigenvalue weighted by Gasteiger charge is -1.93. The van der Waals surface area contributed by atoms with Crippen molar-refractivity contribution in [3.05, 3.63) is 0 Å². The predicted molar refractivity (Wildman–Crippen MR) is 19.3 cm³/mol. The van der Waals surface area contributed by atoms with Crippen LogP contribution in [0.15, 0.2) is 0 Å².